The monoisotopic (exact) mass is 298 g/mol. The molecule has 19 heavy (non-hydrogen) atoms. The number of benzene rings is 1. The van der Waals surface area contributed by atoms with E-state index in [1.54, 1.807) is 18.2 Å². The summed E-state index contributed by atoms with van der Waals surface area (Å²) in [5, 5.41) is 3.27. The molecule has 1 aliphatic rings. The molecule has 1 aromatic carbocycles. The zero-order chi connectivity index (χ0) is 13.8. The van der Waals surface area contributed by atoms with E-state index in [1.807, 2.05) is 0 Å². The third-order valence-corrected chi connectivity index (χ3v) is 3.65. The number of amides is 1. The maximum absolute atomic E-state index is 12.1. The predicted octanol–water partition coefficient (Wildman–Crippen LogP) is 2.34. The summed E-state index contributed by atoms with van der Waals surface area (Å²) in [4.78, 5) is 12.3. The first kappa shape index (κ1) is 14.2. The van der Waals surface area contributed by atoms with Gasteiger partial charge in [-0.1, -0.05) is 23.8 Å². The van der Waals surface area contributed by atoms with E-state index >= 15 is 0 Å². The van der Waals surface area contributed by atoms with Crippen LogP contribution in [0.4, 0.5) is 5.69 Å². The average molecular weight is 299 g/mol. The topological polar surface area (TPSA) is 64.3 Å². The van der Waals surface area contributed by atoms with Crippen LogP contribution in [0.25, 0.3) is 0 Å². The van der Waals surface area contributed by atoms with Crippen molar-refractivity contribution in [3.05, 3.63) is 28.8 Å². The van der Waals surface area contributed by atoms with Gasteiger partial charge in [0.1, 0.15) is 4.99 Å². The number of thiocarbonyl (C=S) groups is 1. The number of halogens is 1. The molecular weight excluding hydrogens is 284 g/mol. The van der Waals surface area contributed by atoms with Crippen LogP contribution in [-0.2, 0) is 9.53 Å². The maximum atomic E-state index is 12.1. The Kier molecular flexibility index (Phi) is 4.74. The molecule has 1 heterocycles. The highest BCUT2D eigenvalue weighted by Gasteiger charge is 2.22. The summed E-state index contributed by atoms with van der Waals surface area (Å²) in [5.74, 6) is -0.0339. The number of rotatable bonds is 3. The van der Waals surface area contributed by atoms with Crippen molar-refractivity contribution in [3.63, 3.8) is 0 Å². The summed E-state index contributed by atoms with van der Waals surface area (Å²) in [6, 6.07) is 5.12. The van der Waals surface area contributed by atoms with Crippen LogP contribution in [-0.4, -0.2) is 24.1 Å². The molecule has 102 valence electrons. The van der Waals surface area contributed by atoms with Gasteiger partial charge in [0.15, 0.2) is 0 Å². The Morgan fingerprint density at radius 2 is 2.11 bits per heavy atom. The van der Waals surface area contributed by atoms with Crippen molar-refractivity contribution in [3.8, 4) is 0 Å². The van der Waals surface area contributed by atoms with Crippen LogP contribution in [0, 0.1) is 5.92 Å². The SMILES string of the molecule is NC(=S)c1ccc(NC(=O)C2CCOCC2)c(Cl)c1. The largest absolute Gasteiger partial charge is 0.389 e. The van der Waals surface area contributed by atoms with Gasteiger partial charge in [-0.3, -0.25) is 4.79 Å². The standard InChI is InChI=1S/C13H15ClN2O2S/c14-10-7-9(12(15)19)1-2-11(10)16-13(17)8-3-5-18-6-4-8/h1-2,7-8H,3-6H2,(H2,15,19)(H,16,17). The number of carbonyl (C=O) groups excluding carboxylic acids is 1. The smallest absolute Gasteiger partial charge is 0.227 e. The van der Waals surface area contributed by atoms with E-state index in [9.17, 15) is 4.79 Å². The van der Waals surface area contributed by atoms with Gasteiger partial charge in [-0.2, -0.15) is 0 Å². The molecular formula is C13H15ClN2O2S. The number of hydrogen-bond acceptors (Lipinski definition) is 3. The van der Waals surface area contributed by atoms with Crippen molar-refractivity contribution >= 4 is 40.4 Å². The Hall–Kier alpha value is -1.17. The second-order valence-corrected chi connectivity index (χ2v) is 5.28. The van der Waals surface area contributed by atoms with Crippen LogP contribution in [0.1, 0.15) is 18.4 Å². The molecule has 4 nitrogen and oxygen atoms in total. The Balaban J connectivity index is 2.06. The van der Waals surface area contributed by atoms with Crippen molar-refractivity contribution in [2.24, 2.45) is 11.7 Å². The fourth-order valence-electron chi connectivity index (χ4n) is 1.96. The van der Waals surface area contributed by atoms with E-state index < -0.39 is 0 Å². The second-order valence-electron chi connectivity index (χ2n) is 4.43. The van der Waals surface area contributed by atoms with Crippen molar-refractivity contribution < 1.29 is 9.53 Å². The lowest BCUT2D eigenvalue weighted by molar-refractivity contribution is -0.122. The maximum Gasteiger partial charge on any atom is 0.227 e. The number of nitrogens with one attached hydrogen (secondary N) is 1. The molecule has 1 aliphatic heterocycles. The van der Waals surface area contributed by atoms with Gasteiger partial charge in [-0.15, -0.1) is 0 Å². The van der Waals surface area contributed by atoms with Gasteiger partial charge in [0, 0.05) is 24.7 Å². The molecule has 0 atom stereocenters. The van der Waals surface area contributed by atoms with E-state index in [2.05, 4.69) is 5.32 Å². The van der Waals surface area contributed by atoms with Crippen LogP contribution in [0.2, 0.25) is 5.02 Å². The highest BCUT2D eigenvalue weighted by Crippen LogP contribution is 2.25. The molecule has 0 bridgehead atoms. The number of nitrogens with two attached hydrogens (primary N) is 1. The third-order valence-electron chi connectivity index (χ3n) is 3.10. The molecule has 1 saturated heterocycles. The second kappa shape index (κ2) is 6.32. The molecule has 1 fully saturated rings. The number of carbonyl (C=O) groups is 1. The van der Waals surface area contributed by atoms with Crippen LogP contribution in [0.5, 0.6) is 0 Å². The molecule has 0 spiro atoms. The van der Waals surface area contributed by atoms with Gasteiger partial charge in [0.25, 0.3) is 0 Å². The summed E-state index contributed by atoms with van der Waals surface area (Å²) in [6.07, 6.45) is 1.49. The lowest BCUT2D eigenvalue weighted by Gasteiger charge is -2.21. The number of anilines is 1. The summed E-state index contributed by atoms with van der Waals surface area (Å²) < 4.78 is 5.23. The highest BCUT2D eigenvalue weighted by atomic mass is 35.5. The third kappa shape index (κ3) is 3.65. The van der Waals surface area contributed by atoms with E-state index in [1.165, 1.54) is 0 Å². The Morgan fingerprint density at radius 1 is 1.42 bits per heavy atom. The lowest BCUT2D eigenvalue weighted by Crippen LogP contribution is -2.28. The van der Waals surface area contributed by atoms with Gasteiger partial charge in [-0.05, 0) is 31.0 Å². The fraction of sp³-hybridized carbons (Fsp3) is 0.385. The van der Waals surface area contributed by atoms with E-state index in [0.717, 1.165) is 12.8 Å². The normalized spacial score (nSPS) is 16.1. The zero-order valence-electron chi connectivity index (χ0n) is 10.3. The first-order chi connectivity index (χ1) is 9.08. The van der Waals surface area contributed by atoms with Gasteiger partial charge in [0.2, 0.25) is 5.91 Å². The number of ether oxygens (including phenoxy) is 1. The molecule has 6 heteroatoms. The Morgan fingerprint density at radius 3 is 2.68 bits per heavy atom. The van der Waals surface area contributed by atoms with Crippen LogP contribution in [0.3, 0.4) is 0 Å². The summed E-state index contributed by atoms with van der Waals surface area (Å²) >= 11 is 11.0. The zero-order valence-corrected chi connectivity index (χ0v) is 11.9. The van der Waals surface area contributed by atoms with Crippen LogP contribution < -0.4 is 11.1 Å². The fourth-order valence-corrected chi connectivity index (χ4v) is 2.32. The molecule has 3 N–H and O–H groups in total. The molecule has 0 aliphatic carbocycles. The minimum absolute atomic E-state index is 0.0138. The van der Waals surface area contributed by atoms with Gasteiger partial charge < -0.3 is 15.8 Å². The molecule has 0 radical (unpaired) electrons. The van der Waals surface area contributed by atoms with Crippen molar-refractivity contribution in [1.29, 1.82) is 0 Å². The molecule has 1 aromatic rings. The number of hydrogen-bond donors (Lipinski definition) is 2. The Bertz CT molecular complexity index is 501. The molecule has 0 aromatic heterocycles. The van der Waals surface area contributed by atoms with Crippen LogP contribution >= 0.6 is 23.8 Å². The summed E-state index contributed by atoms with van der Waals surface area (Å²) in [6.45, 7) is 1.26. The minimum atomic E-state index is -0.0201. The van der Waals surface area contributed by atoms with Gasteiger partial charge in [-0.25, -0.2) is 0 Å². The molecule has 1 amide bonds. The first-order valence-electron chi connectivity index (χ1n) is 6.06. The van der Waals surface area contributed by atoms with Crippen molar-refractivity contribution in [1.82, 2.24) is 0 Å². The first-order valence-corrected chi connectivity index (χ1v) is 6.84. The van der Waals surface area contributed by atoms with E-state index in [0.29, 0.717) is 29.5 Å². The Labute approximate surface area is 122 Å². The predicted molar refractivity (Wildman–Crippen MR) is 79.5 cm³/mol. The van der Waals surface area contributed by atoms with Gasteiger partial charge >= 0.3 is 0 Å². The quantitative estimate of drug-likeness (QED) is 0.841. The average Bonchev–Trinajstić information content (AvgIpc) is 2.41. The minimum Gasteiger partial charge on any atom is -0.389 e. The van der Waals surface area contributed by atoms with E-state index in [4.69, 9.17) is 34.3 Å². The lowest BCUT2D eigenvalue weighted by atomic mass is 9.99. The summed E-state index contributed by atoms with van der Waals surface area (Å²) in [7, 11) is 0. The molecule has 0 unspecified atom stereocenters. The molecule has 2 rings (SSSR count). The van der Waals surface area contributed by atoms with Crippen molar-refractivity contribution in [2.75, 3.05) is 18.5 Å². The highest BCUT2D eigenvalue weighted by molar-refractivity contribution is 7.80. The van der Waals surface area contributed by atoms with E-state index in [-0.39, 0.29) is 16.8 Å². The summed E-state index contributed by atoms with van der Waals surface area (Å²) in [5.41, 5.74) is 6.79. The molecule has 0 saturated carbocycles. The van der Waals surface area contributed by atoms with Gasteiger partial charge in [0.05, 0.1) is 10.7 Å². The van der Waals surface area contributed by atoms with Crippen LogP contribution in [0.15, 0.2) is 18.2 Å². The van der Waals surface area contributed by atoms with Crippen molar-refractivity contribution in [2.45, 2.75) is 12.8 Å².